The maximum absolute atomic E-state index is 13.7. The molecular weight excluding hydrogens is 726 g/mol. The average molecular weight is 740 g/mol. The van der Waals surface area contributed by atoms with Gasteiger partial charge in [-0.2, -0.15) is 26.3 Å². The zero-order valence-corrected chi connectivity index (χ0v) is 24.9. The van der Waals surface area contributed by atoms with E-state index in [1.165, 1.54) is 12.1 Å². The first-order valence-corrected chi connectivity index (χ1v) is 14.2. The van der Waals surface area contributed by atoms with Crippen molar-refractivity contribution in [2.24, 2.45) is 0 Å². The van der Waals surface area contributed by atoms with Crippen LogP contribution in [0.5, 0.6) is 0 Å². The van der Waals surface area contributed by atoms with Crippen LogP contribution in [0.1, 0.15) is 63.7 Å². The number of amides is 4. The summed E-state index contributed by atoms with van der Waals surface area (Å²) in [6.07, 6.45) is -9.13. The van der Waals surface area contributed by atoms with Gasteiger partial charge in [0.2, 0.25) is 0 Å². The lowest BCUT2D eigenvalue weighted by molar-refractivity contribution is -0.138. The van der Waals surface area contributed by atoms with E-state index in [2.05, 4.69) is 31.9 Å². The third-order valence-electron chi connectivity index (χ3n) is 7.42. The molecule has 0 spiro atoms. The van der Waals surface area contributed by atoms with Gasteiger partial charge in [-0.1, -0.05) is 24.3 Å². The van der Waals surface area contributed by atoms with Crippen LogP contribution in [0.4, 0.5) is 26.3 Å². The van der Waals surface area contributed by atoms with E-state index >= 15 is 0 Å². The number of hydrogen-bond donors (Lipinski definition) is 0. The van der Waals surface area contributed by atoms with Crippen LogP contribution in [0.25, 0.3) is 10.8 Å². The lowest BCUT2D eigenvalue weighted by Crippen LogP contribution is -2.43. The highest BCUT2D eigenvalue weighted by atomic mass is 79.9. The van der Waals surface area contributed by atoms with Gasteiger partial charge in [-0.05, 0) is 79.4 Å². The normalized spacial score (nSPS) is 15.1. The van der Waals surface area contributed by atoms with Crippen molar-refractivity contribution in [3.63, 3.8) is 0 Å². The topological polar surface area (TPSA) is 74.8 Å². The highest BCUT2D eigenvalue weighted by molar-refractivity contribution is 9.11. The second-order valence-corrected chi connectivity index (χ2v) is 11.8. The quantitative estimate of drug-likeness (QED) is 0.157. The van der Waals surface area contributed by atoms with Crippen molar-refractivity contribution in [2.45, 2.75) is 25.4 Å². The first-order chi connectivity index (χ1) is 20.6. The number of hydrogen-bond acceptors (Lipinski definition) is 4. The van der Waals surface area contributed by atoms with Crippen LogP contribution in [0.15, 0.2) is 69.6 Å². The Labute approximate surface area is 260 Å². The van der Waals surface area contributed by atoms with Crippen molar-refractivity contribution in [2.75, 3.05) is 0 Å². The molecule has 0 radical (unpaired) electrons. The third-order valence-corrected chi connectivity index (χ3v) is 8.67. The van der Waals surface area contributed by atoms with Crippen molar-refractivity contribution in [1.82, 2.24) is 9.80 Å². The summed E-state index contributed by atoms with van der Waals surface area (Å²) in [4.78, 5) is 56.3. The molecule has 0 aliphatic carbocycles. The summed E-state index contributed by atoms with van der Waals surface area (Å²) in [5.41, 5.74) is -1.34. The summed E-state index contributed by atoms with van der Waals surface area (Å²) in [6, 6.07) is 10.7. The summed E-state index contributed by atoms with van der Waals surface area (Å²) >= 11 is 6.62. The van der Waals surface area contributed by atoms with Crippen LogP contribution in [-0.4, -0.2) is 33.4 Å². The zero-order chi connectivity index (χ0) is 31.9. The second kappa shape index (κ2) is 10.3. The molecule has 4 aromatic carbocycles. The van der Waals surface area contributed by atoms with Gasteiger partial charge in [0, 0.05) is 30.8 Å². The van der Waals surface area contributed by atoms with Gasteiger partial charge in [-0.25, -0.2) is 0 Å². The fourth-order valence-corrected chi connectivity index (χ4v) is 6.52. The minimum Gasteiger partial charge on any atom is -0.270 e. The number of halogens is 8. The van der Waals surface area contributed by atoms with Crippen LogP contribution in [0, 0.1) is 0 Å². The fraction of sp³-hybridized carbons (Fsp3) is 0.133. The monoisotopic (exact) mass is 738 g/mol. The lowest BCUT2D eigenvalue weighted by Gasteiger charge is -2.33. The predicted molar refractivity (Wildman–Crippen MR) is 151 cm³/mol. The molecule has 2 aliphatic heterocycles. The van der Waals surface area contributed by atoms with E-state index < -0.39 is 47.1 Å². The molecule has 0 fully saturated rings. The molecule has 6 nitrogen and oxygen atoms in total. The molecule has 0 saturated heterocycles. The summed E-state index contributed by atoms with van der Waals surface area (Å²) < 4.78 is 78.3. The number of carbonyl (C=O) groups is 4. The minimum absolute atomic E-state index is 0.0114. The van der Waals surface area contributed by atoms with Crippen LogP contribution in [0.3, 0.4) is 0 Å². The Morgan fingerprint density at radius 2 is 0.864 bits per heavy atom. The van der Waals surface area contributed by atoms with Crippen LogP contribution in [-0.2, 0) is 25.4 Å². The van der Waals surface area contributed by atoms with E-state index in [4.69, 9.17) is 0 Å². The summed E-state index contributed by atoms with van der Waals surface area (Å²) in [5, 5.41) is 0.115. The summed E-state index contributed by atoms with van der Waals surface area (Å²) in [5.74, 6) is -3.15. The largest absolute Gasteiger partial charge is 0.416 e. The number of benzene rings is 4. The van der Waals surface area contributed by atoms with Crippen molar-refractivity contribution in [1.29, 1.82) is 0 Å². The number of rotatable bonds is 4. The highest BCUT2D eigenvalue weighted by Crippen LogP contribution is 2.44. The van der Waals surface area contributed by atoms with E-state index in [-0.39, 0.29) is 66.2 Å². The van der Waals surface area contributed by atoms with Gasteiger partial charge in [0.25, 0.3) is 23.6 Å². The Morgan fingerprint density at radius 1 is 0.523 bits per heavy atom. The SMILES string of the molecule is O=C1c2cc(Br)c3c4c(c(Br)cc(c24)C(=O)N1Cc1ccc(C(F)(F)F)cc1)C(=O)N(Cc1ccc(C(F)(F)F)cc1)C3=O. The van der Waals surface area contributed by atoms with Crippen molar-refractivity contribution in [3.05, 3.63) is 114 Å². The van der Waals surface area contributed by atoms with Crippen LogP contribution in [0.2, 0.25) is 0 Å². The molecule has 0 bridgehead atoms. The Bertz CT molecular complexity index is 1860. The Balaban J connectivity index is 1.40. The lowest BCUT2D eigenvalue weighted by atomic mass is 9.85. The molecule has 0 N–H and O–H groups in total. The first-order valence-electron chi connectivity index (χ1n) is 12.6. The van der Waals surface area contributed by atoms with Crippen LogP contribution >= 0.6 is 31.9 Å². The molecule has 14 heteroatoms. The number of nitrogens with zero attached hydrogens (tertiary/aromatic N) is 2. The Morgan fingerprint density at radius 3 is 1.20 bits per heavy atom. The maximum Gasteiger partial charge on any atom is 0.416 e. The summed E-state index contributed by atoms with van der Waals surface area (Å²) in [7, 11) is 0. The molecule has 0 aromatic heterocycles. The molecule has 0 saturated carbocycles. The van der Waals surface area contributed by atoms with Gasteiger partial charge < -0.3 is 0 Å². The number of carbonyl (C=O) groups excluding carboxylic acids is 4. The maximum atomic E-state index is 13.7. The van der Waals surface area contributed by atoms with Gasteiger partial charge >= 0.3 is 12.4 Å². The molecule has 0 unspecified atom stereocenters. The fourth-order valence-electron chi connectivity index (χ4n) is 5.32. The molecule has 224 valence electrons. The highest BCUT2D eigenvalue weighted by Gasteiger charge is 2.42. The van der Waals surface area contributed by atoms with Gasteiger partial charge in [0.15, 0.2) is 0 Å². The summed E-state index contributed by atoms with van der Waals surface area (Å²) in [6.45, 7) is -0.688. The van der Waals surface area contributed by atoms with Gasteiger partial charge in [-0.3, -0.25) is 29.0 Å². The van der Waals surface area contributed by atoms with E-state index in [0.29, 0.717) is 0 Å². The van der Waals surface area contributed by atoms with E-state index in [1.54, 1.807) is 0 Å². The van der Waals surface area contributed by atoms with E-state index in [9.17, 15) is 45.5 Å². The number of alkyl halides is 6. The molecule has 4 amide bonds. The average Bonchev–Trinajstić information content (AvgIpc) is 2.95. The first kappa shape index (κ1) is 30.0. The van der Waals surface area contributed by atoms with Gasteiger partial charge in [0.1, 0.15) is 0 Å². The van der Waals surface area contributed by atoms with E-state index in [1.807, 2.05) is 0 Å². The Kier molecular flexibility index (Phi) is 7.00. The molecule has 4 aromatic rings. The molecule has 0 atom stereocenters. The third kappa shape index (κ3) is 4.80. The minimum atomic E-state index is -4.57. The van der Waals surface area contributed by atoms with Crippen LogP contribution < -0.4 is 0 Å². The van der Waals surface area contributed by atoms with Crippen molar-refractivity contribution >= 4 is 66.3 Å². The molecule has 2 heterocycles. The van der Waals surface area contributed by atoms with E-state index in [0.717, 1.165) is 58.3 Å². The van der Waals surface area contributed by atoms with Gasteiger partial charge in [-0.15, -0.1) is 0 Å². The van der Waals surface area contributed by atoms with Crippen molar-refractivity contribution < 1.29 is 45.5 Å². The standard InChI is InChI=1S/C30H14Br2F6N2O4/c31-19-9-17-21-18(26(42)39(25(17)41)11-13-1-5-15(6-2-13)29(33,34)35)10-20(32)23-24(21)22(19)27(43)40(28(23)44)12-14-3-7-16(8-4-14)30(36,37)38/h1-10H,11-12H2. The number of imide groups is 2. The smallest absolute Gasteiger partial charge is 0.270 e. The second-order valence-electron chi connectivity index (χ2n) is 10.1. The molecular formula is C30H14Br2F6N2O4. The Hall–Kier alpha value is -4.04. The molecule has 6 rings (SSSR count). The van der Waals surface area contributed by atoms with Crippen molar-refractivity contribution in [3.8, 4) is 0 Å². The molecule has 44 heavy (non-hydrogen) atoms. The van der Waals surface area contributed by atoms with Gasteiger partial charge in [0.05, 0.1) is 35.3 Å². The zero-order valence-electron chi connectivity index (χ0n) is 21.7. The predicted octanol–water partition coefficient (Wildman–Crippen LogP) is 7.99. The molecule has 2 aliphatic rings.